The van der Waals surface area contributed by atoms with Gasteiger partial charge in [0.2, 0.25) is 6.23 Å². The Balaban J connectivity index is 0.000000273. The third kappa shape index (κ3) is 6.38. The van der Waals surface area contributed by atoms with Crippen molar-refractivity contribution < 1.29 is 44.7 Å². The first-order valence-electron chi connectivity index (χ1n) is 9.64. The lowest BCUT2D eigenvalue weighted by molar-refractivity contribution is -0.170. The molecule has 0 aromatic heterocycles. The number of aliphatic hydroxyl groups excluding tert-OH is 1. The van der Waals surface area contributed by atoms with Gasteiger partial charge in [-0.15, -0.1) is 0 Å². The number of likely N-dealkylation sites (N-methyl/N-ethyl adjacent to an activating group) is 1. The van der Waals surface area contributed by atoms with Crippen molar-refractivity contribution in [2.45, 2.75) is 24.7 Å². The fourth-order valence-corrected chi connectivity index (χ4v) is 3.24. The second-order valence-corrected chi connectivity index (χ2v) is 7.69. The molecular formula is C22H21ClN2O9. The number of benzene rings is 2. The molecule has 0 spiro atoms. The van der Waals surface area contributed by atoms with E-state index < -0.39 is 48.5 Å². The van der Waals surface area contributed by atoms with E-state index in [1.165, 1.54) is 4.90 Å². The summed E-state index contributed by atoms with van der Waals surface area (Å²) in [5.74, 6) is -5.49. The highest BCUT2D eigenvalue weighted by Gasteiger charge is 2.40. The number of aliphatic imine (C=N–C) groups is 1. The molecule has 1 amide bonds. The Kier molecular flexibility index (Phi) is 8.46. The summed E-state index contributed by atoms with van der Waals surface area (Å²) in [5, 5.41) is 44.4. The summed E-state index contributed by atoms with van der Waals surface area (Å²) in [5.41, 5.74) is 0.0311. The Morgan fingerprint density at radius 3 is 2.09 bits per heavy atom. The van der Waals surface area contributed by atoms with Gasteiger partial charge in [0, 0.05) is 23.2 Å². The third-order valence-corrected chi connectivity index (χ3v) is 4.95. The minimum Gasteiger partial charge on any atom is -0.481 e. The van der Waals surface area contributed by atoms with Crippen molar-refractivity contribution in [1.29, 1.82) is 0 Å². The van der Waals surface area contributed by atoms with Crippen molar-refractivity contribution in [2.75, 3.05) is 11.9 Å². The maximum atomic E-state index is 12.1. The Labute approximate surface area is 198 Å². The smallest absolute Gasteiger partial charge is 0.336 e. The molecule has 12 heteroatoms. The van der Waals surface area contributed by atoms with E-state index in [1.807, 2.05) is 30.3 Å². The van der Waals surface area contributed by atoms with Crippen LogP contribution in [-0.4, -0.2) is 73.9 Å². The number of fused-ring (bicyclic) bond motifs is 1. The molecule has 2 aromatic rings. The van der Waals surface area contributed by atoms with Crippen molar-refractivity contribution in [3.05, 3.63) is 64.7 Å². The number of carboxylic acids is 3. The van der Waals surface area contributed by atoms with Gasteiger partial charge in [0.1, 0.15) is 0 Å². The molecule has 0 bridgehead atoms. The fraction of sp³-hybridized carbons (Fsp3) is 0.227. The van der Waals surface area contributed by atoms with Gasteiger partial charge >= 0.3 is 17.9 Å². The van der Waals surface area contributed by atoms with Gasteiger partial charge < -0.3 is 30.4 Å². The molecule has 0 saturated carbocycles. The van der Waals surface area contributed by atoms with Gasteiger partial charge in [-0.25, -0.2) is 9.79 Å². The van der Waals surface area contributed by atoms with Crippen LogP contribution in [0.2, 0.25) is 5.02 Å². The zero-order valence-electron chi connectivity index (χ0n) is 17.8. The number of carboxylic acid groups (broad SMARTS) is 3. The minimum absolute atomic E-state index is 0.468. The van der Waals surface area contributed by atoms with Gasteiger partial charge in [-0.2, -0.15) is 0 Å². The van der Waals surface area contributed by atoms with Crippen LogP contribution in [0.3, 0.4) is 0 Å². The van der Waals surface area contributed by atoms with Crippen LogP contribution >= 0.6 is 11.6 Å². The number of hydrogen-bond donors (Lipinski definition) is 5. The lowest BCUT2D eigenvalue weighted by Gasteiger charge is -2.18. The number of amides is 1. The maximum Gasteiger partial charge on any atom is 0.336 e. The van der Waals surface area contributed by atoms with E-state index in [0.717, 1.165) is 11.1 Å². The van der Waals surface area contributed by atoms with E-state index in [2.05, 4.69) is 4.99 Å². The van der Waals surface area contributed by atoms with Crippen molar-refractivity contribution in [3.8, 4) is 0 Å². The monoisotopic (exact) mass is 492 g/mol. The second kappa shape index (κ2) is 10.9. The fourth-order valence-electron chi connectivity index (χ4n) is 3.07. The standard InChI is InChI=1S/C16H13ClN2O2.C6H8O7/c1-19-13-8-7-11(17)9-12(13)14(18-15(20)16(19)21)10-5-3-2-4-6-10;7-3(8)1-6(13,5(11)12)2-4(9)10/h2-9,15,20H,1H3;13H,1-2H2,(H,7,8)(H,9,10)(H,11,12). The summed E-state index contributed by atoms with van der Waals surface area (Å²) in [4.78, 5) is 48.2. The quantitative estimate of drug-likeness (QED) is 0.395. The highest BCUT2D eigenvalue weighted by atomic mass is 35.5. The van der Waals surface area contributed by atoms with Crippen molar-refractivity contribution >= 4 is 46.8 Å². The average molecular weight is 493 g/mol. The molecule has 180 valence electrons. The SMILES string of the molecule is CN1C(=O)C(O)N=C(c2ccccc2)c2cc(Cl)ccc21.O=C(O)CC(O)(CC(=O)O)C(=O)O. The van der Waals surface area contributed by atoms with E-state index in [4.69, 9.17) is 32.0 Å². The molecule has 2 aromatic carbocycles. The number of hydrogen-bond acceptors (Lipinski definition) is 7. The van der Waals surface area contributed by atoms with Crippen LogP contribution in [0.15, 0.2) is 53.5 Å². The zero-order valence-corrected chi connectivity index (χ0v) is 18.5. The van der Waals surface area contributed by atoms with Crippen LogP contribution in [0.1, 0.15) is 24.0 Å². The first-order chi connectivity index (χ1) is 15.9. The van der Waals surface area contributed by atoms with Gasteiger partial charge in [0.05, 0.1) is 24.2 Å². The molecule has 3 rings (SSSR count). The van der Waals surface area contributed by atoms with Gasteiger partial charge in [-0.1, -0.05) is 41.9 Å². The number of halogens is 1. The van der Waals surface area contributed by atoms with Crippen molar-refractivity contribution in [2.24, 2.45) is 4.99 Å². The Hall–Kier alpha value is -3.80. The number of rotatable bonds is 6. The van der Waals surface area contributed by atoms with Gasteiger partial charge in [-0.3, -0.25) is 14.4 Å². The summed E-state index contributed by atoms with van der Waals surface area (Å²) >= 11 is 6.08. The molecule has 11 nitrogen and oxygen atoms in total. The Morgan fingerprint density at radius 1 is 1.03 bits per heavy atom. The van der Waals surface area contributed by atoms with Crippen LogP contribution < -0.4 is 4.90 Å². The van der Waals surface area contributed by atoms with Crippen LogP contribution in [0.4, 0.5) is 5.69 Å². The highest BCUT2D eigenvalue weighted by Crippen LogP contribution is 2.29. The van der Waals surface area contributed by atoms with E-state index in [-0.39, 0.29) is 0 Å². The van der Waals surface area contributed by atoms with E-state index in [0.29, 0.717) is 16.4 Å². The molecule has 5 N–H and O–H groups in total. The number of carbonyl (C=O) groups is 4. The molecule has 1 unspecified atom stereocenters. The molecule has 0 radical (unpaired) electrons. The summed E-state index contributed by atoms with van der Waals surface area (Å²) in [7, 11) is 1.61. The van der Waals surface area contributed by atoms with Crippen molar-refractivity contribution in [1.82, 2.24) is 0 Å². The first-order valence-corrected chi connectivity index (χ1v) is 10.0. The van der Waals surface area contributed by atoms with Crippen LogP contribution in [0.25, 0.3) is 0 Å². The first kappa shape index (κ1) is 26.5. The summed E-state index contributed by atoms with van der Waals surface area (Å²) in [6, 6.07) is 14.6. The number of nitrogens with zero attached hydrogens (tertiary/aromatic N) is 2. The molecule has 1 heterocycles. The Bertz CT molecular complexity index is 1120. The molecule has 0 aliphatic carbocycles. The molecule has 1 atom stereocenters. The minimum atomic E-state index is -2.74. The molecule has 1 aliphatic heterocycles. The number of carbonyl (C=O) groups excluding carboxylic acids is 1. The van der Waals surface area contributed by atoms with Crippen LogP contribution in [-0.2, 0) is 19.2 Å². The zero-order chi connectivity index (χ0) is 25.6. The topological polar surface area (TPSA) is 185 Å². The molecule has 1 aliphatic rings. The number of aliphatic hydroxyl groups is 2. The predicted molar refractivity (Wildman–Crippen MR) is 120 cm³/mol. The van der Waals surface area contributed by atoms with Gasteiger partial charge in [-0.05, 0) is 18.2 Å². The number of aliphatic carboxylic acids is 3. The highest BCUT2D eigenvalue weighted by molar-refractivity contribution is 6.32. The van der Waals surface area contributed by atoms with E-state index in [9.17, 15) is 24.3 Å². The van der Waals surface area contributed by atoms with Gasteiger partial charge in [0.15, 0.2) is 5.60 Å². The third-order valence-electron chi connectivity index (χ3n) is 4.71. The number of anilines is 1. The predicted octanol–water partition coefficient (Wildman–Crippen LogP) is 1.22. The maximum absolute atomic E-state index is 12.1. The van der Waals surface area contributed by atoms with Crippen LogP contribution in [0.5, 0.6) is 0 Å². The van der Waals surface area contributed by atoms with E-state index >= 15 is 0 Å². The van der Waals surface area contributed by atoms with Crippen molar-refractivity contribution in [3.63, 3.8) is 0 Å². The Morgan fingerprint density at radius 2 is 1.59 bits per heavy atom. The lowest BCUT2D eigenvalue weighted by Crippen LogP contribution is -2.42. The molecule has 0 saturated heterocycles. The largest absolute Gasteiger partial charge is 0.481 e. The lowest BCUT2D eigenvalue weighted by atomic mass is 9.96. The van der Waals surface area contributed by atoms with Gasteiger partial charge in [0.25, 0.3) is 5.91 Å². The van der Waals surface area contributed by atoms with E-state index in [1.54, 1.807) is 25.2 Å². The molecule has 34 heavy (non-hydrogen) atoms. The summed E-state index contributed by atoms with van der Waals surface area (Å²) < 4.78 is 0. The summed E-state index contributed by atoms with van der Waals surface area (Å²) in [6.45, 7) is 0. The number of benzodiazepines with no additional fused rings is 1. The second-order valence-electron chi connectivity index (χ2n) is 7.25. The normalized spacial score (nSPS) is 15.3. The average Bonchev–Trinajstić information content (AvgIpc) is 2.84. The molecule has 0 fully saturated rings. The molecular weight excluding hydrogens is 472 g/mol. The summed E-state index contributed by atoms with van der Waals surface area (Å²) in [6.07, 6.45) is -3.71. The van der Waals surface area contributed by atoms with Crippen LogP contribution in [0, 0.1) is 0 Å².